The lowest BCUT2D eigenvalue weighted by atomic mass is 9.47. The fourth-order valence-corrected chi connectivity index (χ4v) is 7.42. The van der Waals surface area contributed by atoms with E-state index in [2.05, 4.69) is 12.1 Å². The summed E-state index contributed by atoms with van der Waals surface area (Å²) in [5.74, 6) is 1.41. The summed E-state index contributed by atoms with van der Waals surface area (Å²) in [4.78, 5) is 11.3. The first-order chi connectivity index (χ1) is 15.4. The first kappa shape index (κ1) is 20.0. The van der Waals surface area contributed by atoms with E-state index in [9.17, 15) is 20.1 Å². The van der Waals surface area contributed by atoms with Gasteiger partial charge in [0.1, 0.15) is 0 Å². The van der Waals surface area contributed by atoms with Crippen molar-refractivity contribution in [2.24, 2.45) is 17.8 Å². The van der Waals surface area contributed by atoms with Crippen molar-refractivity contribution in [3.63, 3.8) is 0 Å². The number of carboxylic acids is 1. The van der Waals surface area contributed by atoms with Gasteiger partial charge < -0.3 is 15.3 Å². The van der Waals surface area contributed by atoms with Gasteiger partial charge in [0.25, 0.3) is 0 Å². The third-order valence-electron chi connectivity index (χ3n) is 8.36. The summed E-state index contributed by atoms with van der Waals surface area (Å²) >= 11 is 0. The van der Waals surface area contributed by atoms with E-state index in [0.29, 0.717) is 5.56 Å². The second-order valence-electron chi connectivity index (χ2n) is 10.5. The molecule has 0 amide bonds. The van der Waals surface area contributed by atoms with Crippen LogP contribution in [0.2, 0.25) is 0 Å². The van der Waals surface area contributed by atoms with E-state index in [1.54, 1.807) is 12.1 Å². The van der Waals surface area contributed by atoms with Gasteiger partial charge in [0.05, 0.1) is 5.56 Å². The number of hydrogen-bond acceptors (Lipinski definition) is 3. The first-order valence-corrected chi connectivity index (χ1v) is 11.7. The van der Waals surface area contributed by atoms with E-state index in [4.69, 9.17) is 0 Å². The minimum atomic E-state index is -1.46. The molecule has 4 aliphatic rings. The molecule has 3 aromatic rings. The monoisotopic (exact) mass is 428 g/mol. The normalized spacial score (nSPS) is 28.5. The van der Waals surface area contributed by atoms with Crippen molar-refractivity contribution in [2.75, 3.05) is 0 Å². The van der Waals surface area contributed by atoms with Gasteiger partial charge in [0.2, 0.25) is 0 Å². The molecule has 4 heteroatoms. The van der Waals surface area contributed by atoms with Gasteiger partial charge in [-0.25, -0.2) is 4.79 Å². The molecule has 0 aliphatic heterocycles. The average molecular weight is 429 g/mol. The zero-order valence-corrected chi connectivity index (χ0v) is 18.0. The fourth-order valence-electron chi connectivity index (χ4n) is 7.42. The van der Waals surface area contributed by atoms with Crippen molar-refractivity contribution in [3.05, 3.63) is 71.3 Å². The SMILES string of the molecule is O=C(O)c1ccc2cc(-c3ccc(C(O)O)c(C45CC6CC(CC(C6)C4)C5)c3)ccc2c1. The van der Waals surface area contributed by atoms with Gasteiger partial charge in [-0.1, -0.05) is 36.4 Å². The lowest BCUT2D eigenvalue weighted by Crippen LogP contribution is -2.49. The molecule has 32 heavy (non-hydrogen) atoms. The van der Waals surface area contributed by atoms with Crippen LogP contribution in [0, 0.1) is 17.8 Å². The van der Waals surface area contributed by atoms with E-state index in [0.717, 1.165) is 45.2 Å². The van der Waals surface area contributed by atoms with E-state index in [1.165, 1.54) is 38.5 Å². The van der Waals surface area contributed by atoms with Gasteiger partial charge in [0.15, 0.2) is 6.29 Å². The van der Waals surface area contributed by atoms with Crippen LogP contribution in [-0.4, -0.2) is 21.3 Å². The van der Waals surface area contributed by atoms with Gasteiger partial charge in [-0.15, -0.1) is 0 Å². The molecule has 0 radical (unpaired) electrons. The Bertz CT molecular complexity index is 1190. The number of hydrogen-bond donors (Lipinski definition) is 3. The molecular formula is C28H28O4. The molecule has 164 valence electrons. The molecule has 4 nitrogen and oxygen atoms in total. The standard InChI is InChI=1S/C28H28O4/c29-26(30)23-4-3-19-10-20(1-2-21(19)11-23)22-5-6-24(27(31)32)25(12-22)28-13-16-7-17(14-28)9-18(8-16)15-28/h1-6,10-12,16-18,27,31-32H,7-9,13-15H2,(H,29,30). The topological polar surface area (TPSA) is 77.8 Å². The van der Waals surface area contributed by atoms with Crippen LogP contribution in [0.25, 0.3) is 21.9 Å². The Hall–Kier alpha value is -2.69. The summed E-state index contributed by atoms with van der Waals surface area (Å²) in [6.45, 7) is 0. The minimum Gasteiger partial charge on any atom is -0.478 e. The predicted octanol–water partition coefficient (Wildman–Crippen LogP) is 5.66. The number of benzene rings is 3. The molecule has 3 aromatic carbocycles. The number of aromatic carboxylic acids is 1. The molecule has 0 saturated heterocycles. The second-order valence-corrected chi connectivity index (χ2v) is 10.5. The summed E-state index contributed by atoms with van der Waals surface area (Å²) in [6, 6.07) is 17.4. The third-order valence-corrected chi connectivity index (χ3v) is 8.36. The van der Waals surface area contributed by atoms with Gasteiger partial charge in [-0.2, -0.15) is 0 Å². The summed E-state index contributed by atoms with van der Waals surface area (Å²) in [5.41, 5.74) is 4.27. The molecule has 7 rings (SSSR count). The maximum Gasteiger partial charge on any atom is 0.335 e. The lowest BCUT2D eigenvalue weighted by Gasteiger charge is -2.57. The molecule has 0 heterocycles. The minimum absolute atomic E-state index is 0.0665. The van der Waals surface area contributed by atoms with Gasteiger partial charge in [-0.05, 0) is 107 Å². The van der Waals surface area contributed by atoms with Crippen LogP contribution in [0.5, 0.6) is 0 Å². The van der Waals surface area contributed by atoms with Crippen LogP contribution >= 0.6 is 0 Å². The molecule has 0 aromatic heterocycles. The average Bonchev–Trinajstić information content (AvgIpc) is 2.77. The number of aliphatic hydroxyl groups is 2. The van der Waals surface area contributed by atoms with Crippen molar-refractivity contribution in [2.45, 2.75) is 50.2 Å². The van der Waals surface area contributed by atoms with Gasteiger partial charge >= 0.3 is 5.97 Å². The smallest absolute Gasteiger partial charge is 0.335 e. The maximum atomic E-state index is 11.3. The van der Waals surface area contributed by atoms with Crippen LogP contribution in [0.4, 0.5) is 0 Å². The van der Waals surface area contributed by atoms with Crippen LogP contribution in [0.15, 0.2) is 54.6 Å². The maximum absolute atomic E-state index is 11.3. The van der Waals surface area contributed by atoms with Crippen LogP contribution in [0.3, 0.4) is 0 Å². The highest BCUT2D eigenvalue weighted by atomic mass is 16.5. The van der Waals surface area contributed by atoms with E-state index >= 15 is 0 Å². The van der Waals surface area contributed by atoms with Crippen molar-refractivity contribution >= 4 is 16.7 Å². The Morgan fingerprint density at radius 3 is 1.97 bits per heavy atom. The van der Waals surface area contributed by atoms with E-state index in [1.807, 2.05) is 30.3 Å². The summed E-state index contributed by atoms with van der Waals surface area (Å²) in [5, 5.41) is 31.5. The van der Waals surface area contributed by atoms with Gasteiger partial charge in [-0.3, -0.25) is 0 Å². The van der Waals surface area contributed by atoms with Crippen molar-refractivity contribution < 1.29 is 20.1 Å². The van der Waals surface area contributed by atoms with E-state index in [-0.39, 0.29) is 11.0 Å². The Kier molecular flexibility index (Phi) is 4.46. The van der Waals surface area contributed by atoms with Crippen molar-refractivity contribution in [3.8, 4) is 11.1 Å². The van der Waals surface area contributed by atoms with Crippen molar-refractivity contribution in [1.82, 2.24) is 0 Å². The number of fused-ring (bicyclic) bond motifs is 1. The number of rotatable bonds is 4. The Balaban J connectivity index is 1.45. The predicted molar refractivity (Wildman–Crippen MR) is 123 cm³/mol. The summed E-state index contributed by atoms with van der Waals surface area (Å²) < 4.78 is 0. The Morgan fingerprint density at radius 2 is 1.34 bits per heavy atom. The Labute approximate surface area is 187 Å². The Morgan fingerprint density at radius 1 is 0.781 bits per heavy atom. The molecule has 0 atom stereocenters. The largest absolute Gasteiger partial charge is 0.478 e. The summed E-state index contributed by atoms with van der Waals surface area (Å²) in [7, 11) is 0. The number of aliphatic hydroxyl groups excluding tert-OH is 1. The number of carbonyl (C=O) groups is 1. The molecule has 0 unspecified atom stereocenters. The molecule has 4 aliphatic carbocycles. The van der Waals surface area contributed by atoms with Gasteiger partial charge in [0, 0.05) is 5.56 Å². The van der Waals surface area contributed by atoms with E-state index < -0.39 is 12.3 Å². The number of carboxylic acid groups (broad SMARTS) is 1. The zero-order valence-electron chi connectivity index (χ0n) is 18.0. The zero-order chi connectivity index (χ0) is 22.0. The molecule has 4 fully saturated rings. The second kappa shape index (κ2) is 7.16. The molecule has 3 N–H and O–H groups in total. The highest BCUT2D eigenvalue weighted by Crippen LogP contribution is 2.61. The van der Waals surface area contributed by atoms with Crippen LogP contribution in [-0.2, 0) is 5.41 Å². The fraction of sp³-hybridized carbons (Fsp3) is 0.393. The van der Waals surface area contributed by atoms with Crippen LogP contribution in [0.1, 0.15) is 66.3 Å². The third kappa shape index (κ3) is 3.16. The highest BCUT2D eigenvalue weighted by Gasteiger charge is 2.52. The molecular weight excluding hydrogens is 400 g/mol. The first-order valence-electron chi connectivity index (χ1n) is 11.7. The quantitative estimate of drug-likeness (QED) is 0.469. The molecule has 4 saturated carbocycles. The lowest BCUT2D eigenvalue weighted by molar-refractivity contribution is -0.0486. The molecule has 4 bridgehead atoms. The molecule has 0 spiro atoms. The van der Waals surface area contributed by atoms with Crippen molar-refractivity contribution in [1.29, 1.82) is 0 Å². The highest BCUT2D eigenvalue weighted by molar-refractivity contribution is 5.95. The summed E-state index contributed by atoms with van der Waals surface area (Å²) in [6.07, 6.45) is 6.07. The van der Waals surface area contributed by atoms with Crippen LogP contribution < -0.4 is 0 Å².